The molecule has 66 heavy (non-hydrogen) atoms. The van der Waals surface area contributed by atoms with Crippen LogP contribution in [0.25, 0.3) is 116 Å². The zero-order valence-corrected chi connectivity index (χ0v) is 35.5. The molecule has 0 aliphatic rings. The lowest BCUT2D eigenvalue weighted by atomic mass is 9.91. The van der Waals surface area contributed by atoms with Gasteiger partial charge >= 0.3 is 0 Å². The summed E-state index contributed by atoms with van der Waals surface area (Å²) < 4.78 is 4.74. The number of benzene rings is 9. The number of para-hydroxylation sites is 3. The molecule has 9 aromatic carbocycles. The van der Waals surface area contributed by atoms with Gasteiger partial charge in [0.2, 0.25) is 0 Å². The average Bonchev–Trinajstić information content (AvgIpc) is 3.89. The minimum atomic E-state index is 0.530. The van der Waals surface area contributed by atoms with Crippen molar-refractivity contribution in [2.75, 3.05) is 0 Å². The Morgan fingerprint density at radius 2 is 0.924 bits per heavy atom. The number of hydrogen-bond donors (Lipinski definition) is 0. The van der Waals surface area contributed by atoms with Crippen LogP contribution in [0.3, 0.4) is 0 Å². The van der Waals surface area contributed by atoms with Crippen LogP contribution in [0, 0.1) is 17.9 Å². The van der Waals surface area contributed by atoms with Gasteiger partial charge in [-0.25, -0.2) is 14.8 Å². The molecule has 6 nitrogen and oxygen atoms in total. The van der Waals surface area contributed by atoms with Crippen LogP contribution in [0.1, 0.15) is 5.56 Å². The third-order valence-electron chi connectivity index (χ3n) is 12.5. The Balaban J connectivity index is 1.24. The first kappa shape index (κ1) is 38.3. The second-order valence-electron chi connectivity index (χ2n) is 16.4. The van der Waals surface area contributed by atoms with E-state index in [0.717, 1.165) is 99.9 Å². The SMILES string of the molecule is [C-]#[N+]c1cccc(-c2cc(-c3nc(-c4ccccc4)cc(-c4ccccc4)n3)cc(-c3cccc(C#N)c3)c2-n2c3ccccc3c3cc4c5ccccc5n(-c5ccccc5)c4cc32)c1. The Hall–Kier alpha value is -9.36. The third kappa shape index (κ3) is 6.41. The highest BCUT2D eigenvalue weighted by molar-refractivity contribution is 6.19. The second-order valence-corrected chi connectivity index (χ2v) is 16.4. The van der Waals surface area contributed by atoms with Crippen molar-refractivity contribution in [3.8, 4) is 73.6 Å². The van der Waals surface area contributed by atoms with Gasteiger partial charge in [0.15, 0.2) is 11.5 Å². The molecule has 0 bridgehead atoms. The van der Waals surface area contributed by atoms with Gasteiger partial charge in [-0.2, -0.15) is 5.26 Å². The van der Waals surface area contributed by atoms with Gasteiger partial charge in [0.05, 0.1) is 57.3 Å². The van der Waals surface area contributed by atoms with Crippen LogP contribution in [-0.4, -0.2) is 19.1 Å². The quantitative estimate of drug-likeness (QED) is 0.150. The summed E-state index contributed by atoms with van der Waals surface area (Å²) in [5, 5.41) is 14.9. The lowest BCUT2D eigenvalue weighted by Gasteiger charge is -2.21. The van der Waals surface area contributed by atoms with Crippen LogP contribution in [-0.2, 0) is 0 Å². The lowest BCUT2D eigenvalue weighted by Crippen LogP contribution is -2.03. The summed E-state index contributed by atoms with van der Waals surface area (Å²) in [5.41, 5.74) is 15.2. The molecule has 0 amide bonds. The summed E-state index contributed by atoms with van der Waals surface area (Å²) in [6.07, 6.45) is 0. The maximum Gasteiger partial charge on any atom is 0.187 e. The van der Waals surface area contributed by atoms with Crippen LogP contribution in [0.5, 0.6) is 0 Å². The minimum absolute atomic E-state index is 0.530. The van der Waals surface area contributed by atoms with Crippen LogP contribution >= 0.6 is 0 Å². The van der Waals surface area contributed by atoms with Gasteiger partial charge in [-0.1, -0.05) is 146 Å². The molecule has 0 atom stereocenters. The molecule has 12 rings (SSSR count). The van der Waals surface area contributed by atoms with E-state index in [1.165, 1.54) is 5.39 Å². The fraction of sp³-hybridized carbons (Fsp3) is 0. The fourth-order valence-corrected chi connectivity index (χ4v) is 9.56. The molecule has 0 fully saturated rings. The molecule has 0 radical (unpaired) electrons. The smallest absolute Gasteiger partial charge is 0.187 e. The number of rotatable bonds is 7. The summed E-state index contributed by atoms with van der Waals surface area (Å²) >= 11 is 0. The maximum absolute atomic E-state index is 10.3. The highest BCUT2D eigenvalue weighted by Gasteiger charge is 2.25. The molecule has 3 aromatic heterocycles. The molecule has 0 unspecified atom stereocenters. The first-order valence-electron chi connectivity index (χ1n) is 21.8. The lowest BCUT2D eigenvalue weighted by molar-refractivity contribution is 1.16. The Bertz CT molecular complexity index is 3810. The van der Waals surface area contributed by atoms with Crippen molar-refractivity contribution in [1.29, 1.82) is 5.26 Å². The Kier molecular flexibility index (Phi) is 9.16. The van der Waals surface area contributed by atoms with E-state index in [1.54, 1.807) is 0 Å². The number of nitrogens with zero attached hydrogens (tertiary/aromatic N) is 6. The predicted molar refractivity (Wildman–Crippen MR) is 269 cm³/mol. The minimum Gasteiger partial charge on any atom is -0.309 e. The molecule has 0 spiro atoms. The Labute approximate surface area is 381 Å². The summed E-state index contributed by atoms with van der Waals surface area (Å²) in [6, 6.07) is 77.2. The van der Waals surface area contributed by atoms with Crippen molar-refractivity contribution in [3.63, 3.8) is 0 Å². The van der Waals surface area contributed by atoms with E-state index >= 15 is 0 Å². The van der Waals surface area contributed by atoms with Crippen LogP contribution in [0.15, 0.2) is 218 Å². The molecule has 12 aromatic rings. The van der Waals surface area contributed by atoms with E-state index in [0.29, 0.717) is 17.1 Å². The van der Waals surface area contributed by atoms with Crippen molar-refractivity contribution < 1.29 is 0 Å². The Morgan fingerprint density at radius 1 is 0.409 bits per heavy atom. The number of aromatic nitrogens is 4. The van der Waals surface area contributed by atoms with Crippen molar-refractivity contribution in [2.24, 2.45) is 0 Å². The summed E-state index contributed by atoms with van der Waals surface area (Å²) in [7, 11) is 0. The fourth-order valence-electron chi connectivity index (χ4n) is 9.56. The average molecular weight is 841 g/mol. The summed E-state index contributed by atoms with van der Waals surface area (Å²) in [5.74, 6) is 0.554. The summed E-state index contributed by atoms with van der Waals surface area (Å²) in [6.45, 7) is 8.10. The van der Waals surface area contributed by atoms with E-state index in [1.807, 2.05) is 78.9 Å². The molecule has 3 heterocycles. The van der Waals surface area contributed by atoms with Gasteiger partial charge in [0, 0.05) is 55.0 Å². The second kappa shape index (κ2) is 15.8. The molecule has 0 saturated heterocycles. The van der Waals surface area contributed by atoms with Crippen molar-refractivity contribution in [1.82, 2.24) is 19.1 Å². The summed E-state index contributed by atoms with van der Waals surface area (Å²) in [4.78, 5) is 14.5. The number of fused-ring (bicyclic) bond motifs is 6. The molecular formula is C60H36N6. The van der Waals surface area contributed by atoms with Gasteiger partial charge in [-0.15, -0.1) is 0 Å². The van der Waals surface area contributed by atoms with E-state index in [4.69, 9.17) is 16.5 Å². The maximum atomic E-state index is 10.3. The Morgan fingerprint density at radius 3 is 1.53 bits per heavy atom. The molecular weight excluding hydrogens is 805 g/mol. The largest absolute Gasteiger partial charge is 0.309 e. The monoisotopic (exact) mass is 840 g/mol. The van der Waals surface area contributed by atoms with E-state index in [-0.39, 0.29) is 0 Å². The predicted octanol–water partition coefficient (Wildman–Crippen LogP) is 15.4. The topological polar surface area (TPSA) is 63.8 Å². The molecule has 0 saturated carbocycles. The van der Waals surface area contributed by atoms with Gasteiger partial charge in [-0.3, -0.25) is 0 Å². The van der Waals surface area contributed by atoms with Gasteiger partial charge in [-0.05, 0) is 83.9 Å². The zero-order chi connectivity index (χ0) is 44.1. The molecule has 306 valence electrons. The molecule has 0 aliphatic heterocycles. The highest BCUT2D eigenvalue weighted by atomic mass is 15.0. The molecule has 0 aliphatic carbocycles. The van der Waals surface area contributed by atoms with Crippen molar-refractivity contribution in [3.05, 3.63) is 235 Å². The third-order valence-corrected chi connectivity index (χ3v) is 12.5. The van der Waals surface area contributed by atoms with E-state index < -0.39 is 0 Å². The van der Waals surface area contributed by atoms with Crippen LogP contribution < -0.4 is 0 Å². The van der Waals surface area contributed by atoms with Crippen molar-refractivity contribution >= 4 is 49.3 Å². The van der Waals surface area contributed by atoms with E-state index in [2.05, 4.69) is 160 Å². The first-order valence-corrected chi connectivity index (χ1v) is 21.8. The van der Waals surface area contributed by atoms with E-state index in [9.17, 15) is 5.26 Å². The normalized spacial score (nSPS) is 11.3. The molecule has 6 heteroatoms. The van der Waals surface area contributed by atoms with Crippen LogP contribution in [0.2, 0.25) is 0 Å². The van der Waals surface area contributed by atoms with Crippen molar-refractivity contribution in [2.45, 2.75) is 0 Å². The number of nitriles is 1. The first-order chi connectivity index (χ1) is 32.6. The van der Waals surface area contributed by atoms with Crippen LogP contribution in [0.4, 0.5) is 5.69 Å². The van der Waals surface area contributed by atoms with Gasteiger partial charge < -0.3 is 9.13 Å². The highest BCUT2D eigenvalue weighted by Crippen LogP contribution is 2.46. The number of hydrogen-bond acceptors (Lipinski definition) is 3. The standard InChI is InChI=1S/C60H36N6/c1-62-45-24-16-23-43(32-45)50-34-44(60-63-53(40-18-5-2-6-19-40)36-54(64-60)41-20-7-3-8-21-41)33-49(42-22-15-17-39(31-42)38-61)59(50)66-56-30-14-12-28-48(56)52-35-51-47-27-11-13-29-55(47)65(57(51)37-58(52)66)46-25-9-4-10-26-46/h2-37H. The van der Waals surface area contributed by atoms with Gasteiger partial charge in [0.1, 0.15) is 0 Å². The zero-order valence-electron chi connectivity index (χ0n) is 35.5. The molecule has 0 N–H and O–H groups in total. The van der Waals surface area contributed by atoms with Gasteiger partial charge in [0.25, 0.3) is 0 Å².